The summed E-state index contributed by atoms with van der Waals surface area (Å²) in [6, 6.07) is 14.1. The molecule has 0 spiro atoms. The van der Waals surface area contributed by atoms with Crippen molar-refractivity contribution < 1.29 is 9.53 Å². The van der Waals surface area contributed by atoms with E-state index < -0.39 is 0 Å². The van der Waals surface area contributed by atoms with E-state index in [4.69, 9.17) is 4.74 Å². The zero-order valence-corrected chi connectivity index (χ0v) is 18.6. The van der Waals surface area contributed by atoms with E-state index in [1.807, 2.05) is 50.4 Å². The van der Waals surface area contributed by atoms with E-state index in [9.17, 15) is 4.79 Å². The summed E-state index contributed by atoms with van der Waals surface area (Å²) in [4.78, 5) is 20.6. The summed E-state index contributed by atoms with van der Waals surface area (Å²) in [5.74, 6) is 1.94. The predicted octanol–water partition coefficient (Wildman–Crippen LogP) is 5.41. The van der Waals surface area contributed by atoms with Gasteiger partial charge in [-0.15, -0.1) is 0 Å². The Bertz CT molecular complexity index is 1030. The average Bonchev–Trinajstić information content (AvgIpc) is 3.19. The Kier molecular flexibility index (Phi) is 6.40. The van der Waals surface area contributed by atoms with Crippen LogP contribution in [0.2, 0.25) is 0 Å². The van der Waals surface area contributed by atoms with Crippen molar-refractivity contribution in [2.45, 2.75) is 45.4 Å². The maximum Gasteiger partial charge on any atom is 0.253 e. The van der Waals surface area contributed by atoms with Crippen molar-refractivity contribution in [1.29, 1.82) is 0 Å². The van der Waals surface area contributed by atoms with Crippen LogP contribution in [0, 0.1) is 19.8 Å². The number of ether oxygens (including phenoxy) is 1. The molecule has 162 valence electrons. The van der Waals surface area contributed by atoms with E-state index in [0.29, 0.717) is 17.4 Å². The number of H-pyrrole nitrogens is 1. The number of pyridine rings is 1. The first-order valence-corrected chi connectivity index (χ1v) is 11.1. The fraction of sp³-hybridized carbons (Fsp3) is 0.385. The average molecular weight is 418 g/mol. The van der Waals surface area contributed by atoms with Crippen LogP contribution in [0.15, 0.2) is 48.7 Å². The van der Waals surface area contributed by atoms with Gasteiger partial charge in [-0.2, -0.15) is 0 Å². The van der Waals surface area contributed by atoms with Gasteiger partial charge in [-0.25, -0.2) is 0 Å². The summed E-state index contributed by atoms with van der Waals surface area (Å²) < 4.78 is 5.24. The minimum Gasteiger partial charge on any atom is -0.497 e. The molecule has 0 unspecified atom stereocenters. The molecule has 0 radical (unpaired) electrons. The molecule has 3 aromatic rings. The Hall–Kier alpha value is -3.08. The second-order valence-corrected chi connectivity index (χ2v) is 8.63. The first-order valence-electron chi connectivity index (χ1n) is 11.1. The number of hydrogen-bond acceptors (Lipinski definition) is 3. The number of aromatic amines is 1. The molecule has 1 aromatic carbocycles. The number of methoxy groups -OCH3 is 1. The maximum atomic E-state index is 13.0. The predicted molar refractivity (Wildman–Crippen MR) is 124 cm³/mol. The van der Waals surface area contributed by atoms with Crippen molar-refractivity contribution in [3.05, 3.63) is 71.2 Å². The first-order chi connectivity index (χ1) is 15.0. The van der Waals surface area contributed by atoms with Gasteiger partial charge < -0.3 is 15.0 Å². The van der Waals surface area contributed by atoms with Crippen LogP contribution < -0.4 is 10.1 Å². The van der Waals surface area contributed by atoms with Crippen LogP contribution in [-0.2, 0) is 0 Å². The highest BCUT2D eigenvalue weighted by Crippen LogP contribution is 2.35. The lowest BCUT2D eigenvalue weighted by atomic mass is 9.79. The summed E-state index contributed by atoms with van der Waals surface area (Å²) in [5.41, 5.74) is 6.00. The smallest absolute Gasteiger partial charge is 0.253 e. The highest BCUT2D eigenvalue weighted by molar-refractivity contribution is 6.00. The molecule has 0 saturated heterocycles. The summed E-state index contributed by atoms with van der Waals surface area (Å²) in [5, 5.41) is 3.18. The molecule has 2 heterocycles. The van der Waals surface area contributed by atoms with Gasteiger partial charge in [0.05, 0.1) is 18.4 Å². The van der Waals surface area contributed by atoms with E-state index in [0.717, 1.165) is 47.8 Å². The third-order valence-electron chi connectivity index (χ3n) is 6.37. The zero-order chi connectivity index (χ0) is 21.8. The molecule has 5 nitrogen and oxygen atoms in total. The second kappa shape index (κ2) is 9.38. The summed E-state index contributed by atoms with van der Waals surface area (Å²) in [6.45, 7) is 4.76. The summed E-state index contributed by atoms with van der Waals surface area (Å²) in [6.07, 6.45) is 6.54. The van der Waals surface area contributed by atoms with Crippen molar-refractivity contribution in [3.63, 3.8) is 0 Å². The number of nitrogens with one attached hydrogen (secondary N) is 2. The summed E-state index contributed by atoms with van der Waals surface area (Å²) in [7, 11) is 1.65. The van der Waals surface area contributed by atoms with E-state index in [2.05, 4.69) is 27.4 Å². The minimum absolute atomic E-state index is 0.0120. The molecule has 1 saturated carbocycles. The molecule has 0 atom stereocenters. The lowest BCUT2D eigenvalue weighted by Crippen LogP contribution is -2.31. The monoisotopic (exact) mass is 417 g/mol. The molecule has 0 aliphatic heterocycles. The van der Waals surface area contributed by atoms with E-state index in [1.54, 1.807) is 7.11 Å². The third kappa shape index (κ3) is 4.98. The highest BCUT2D eigenvalue weighted by atomic mass is 16.5. The van der Waals surface area contributed by atoms with Crippen LogP contribution in [-0.4, -0.2) is 29.5 Å². The highest BCUT2D eigenvalue weighted by Gasteiger charge is 2.24. The van der Waals surface area contributed by atoms with Gasteiger partial charge >= 0.3 is 0 Å². The van der Waals surface area contributed by atoms with E-state index >= 15 is 0 Å². The van der Waals surface area contributed by atoms with Crippen molar-refractivity contribution >= 4 is 5.91 Å². The number of amides is 1. The zero-order valence-electron chi connectivity index (χ0n) is 18.6. The number of aryl methyl sites for hydroxylation is 2. The molecule has 1 fully saturated rings. The first kappa shape index (κ1) is 21.2. The summed E-state index contributed by atoms with van der Waals surface area (Å²) >= 11 is 0. The van der Waals surface area contributed by atoms with Crippen molar-refractivity contribution in [2.75, 3.05) is 13.7 Å². The molecule has 2 N–H and O–H groups in total. The van der Waals surface area contributed by atoms with Crippen LogP contribution in [0.25, 0.3) is 11.3 Å². The number of carbonyl (C=O) groups is 1. The molecule has 0 bridgehead atoms. The molecule has 5 heteroatoms. The van der Waals surface area contributed by atoms with Crippen molar-refractivity contribution in [1.82, 2.24) is 15.3 Å². The van der Waals surface area contributed by atoms with Gasteiger partial charge in [-0.05, 0) is 105 Å². The standard InChI is InChI=1S/C26H31N3O2/c1-17-14-22(12-13-27-17)20-6-4-19(5-7-20)16-28-26(30)24-15-18(2)29-25(24)21-8-10-23(31-3)11-9-21/h8-15,19-20,29H,4-7,16H2,1-3H3,(H,28,30). The van der Waals surface area contributed by atoms with Gasteiger partial charge in [0.2, 0.25) is 0 Å². The SMILES string of the molecule is COc1ccc(-c2[nH]c(C)cc2C(=O)NCC2CCC(c3ccnc(C)c3)CC2)cc1. The maximum absolute atomic E-state index is 13.0. The number of aromatic nitrogens is 2. The van der Waals surface area contributed by atoms with Crippen LogP contribution in [0.1, 0.15) is 58.9 Å². The largest absolute Gasteiger partial charge is 0.497 e. The Morgan fingerprint density at radius 2 is 1.84 bits per heavy atom. The topological polar surface area (TPSA) is 67.0 Å². The van der Waals surface area contributed by atoms with E-state index in [1.165, 1.54) is 18.4 Å². The van der Waals surface area contributed by atoms with Crippen LogP contribution in [0.5, 0.6) is 5.75 Å². The second-order valence-electron chi connectivity index (χ2n) is 8.63. The number of nitrogens with zero attached hydrogens (tertiary/aromatic N) is 1. The Balaban J connectivity index is 1.35. The molecule has 2 aromatic heterocycles. The lowest BCUT2D eigenvalue weighted by Gasteiger charge is -2.29. The third-order valence-corrected chi connectivity index (χ3v) is 6.37. The van der Waals surface area contributed by atoms with Crippen LogP contribution in [0.3, 0.4) is 0 Å². The molecule has 1 aliphatic rings. The normalized spacial score (nSPS) is 18.5. The van der Waals surface area contributed by atoms with Crippen LogP contribution >= 0.6 is 0 Å². The van der Waals surface area contributed by atoms with Crippen molar-refractivity contribution in [2.24, 2.45) is 5.92 Å². The van der Waals surface area contributed by atoms with Gasteiger partial charge in [0, 0.05) is 24.1 Å². The Morgan fingerprint density at radius 1 is 1.10 bits per heavy atom. The van der Waals surface area contributed by atoms with Gasteiger partial charge in [0.15, 0.2) is 0 Å². The van der Waals surface area contributed by atoms with Gasteiger partial charge in [-0.1, -0.05) is 0 Å². The number of rotatable bonds is 6. The Morgan fingerprint density at radius 3 is 2.52 bits per heavy atom. The van der Waals surface area contributed by atoms with Crippen LogP contribution in [0.4, 0.5) is 0 Å². The fourth-order valence-corrected chi connectivity index (χ4v) is 4.61. The van der Waals surface area contributed by atoms with Crippen molar-refractivity contribution in [3.8, 4) is 17.0 Å². The van der Waals surface area contributed by atoms with Gasteiger partial charge in [0.1, 0.15) is 5.75 Å². The molecule has 1 aliphatic carbocycles. The molecule has 4 rings (SSSR count). The molecule has 1 amide bonds. The van der Waals surface area contributed by atoms with E-state index in [-0.39, 0.29) is 5.91 Å². The fourth-order valence-electron chi connectivity index (χ4n) is 4.61. The molecular weight excluding hydrogens is 386 g/mol. The number of carbonyl (C=O) groups excluding carboxylic acids is 1. The molecule has 31 heavy (non-hydrogen) atoms. The van der Waals surface area contributed by atoms with Gasteiger partial charge in [-0.3, -0.25) is 9.78 Å². The Labute approximate surface area is 184 Å². The molecular formula is C26H31N3O2. The quantitative estimate of drug-likeness (QED) is 0.564. The lowest BCUT2D eigenvalue weighted by molar-refractivity contribution is 0.0943. The number of benzene rings is 1. The number of hydrogen-bond donors (Lipinski definition) is 2. The minimum atomic E-state index is -0.0120. The van der Waals surface area contributed by atoms with Gasteiger partial charge in [0.25, 0.3) is 5.91 Å².